The molecule has 0 aliphatic carbocycles. The van der Waals surface area contributed by atoms with Gasteiger partial charge in [0.15, 0.2) is 17.2 Å². The summed E-state index contributed by atoms with van der Waals surface area (Å²) in [4.78, 5) is 24.7. The summed E-state index contributed by atoms with van der Waals surface area (Å²) >= 11 is 0. The standard InChI is InChI=1S/C22H25N5O4/c1-30-19-10-6-9-17(20(19)31-2)21(28)24-13-14-27-15-18(25-26-27)22(29)23-12-11-16-7-4-3-5-8-16/h3-10,15H,11-14H2,1-2H3,(H,23,29)(H,24,28). The van der Waals surface area contributed by atoms with Gasteiger partial charge in [-0.05, 0) is 24.1 Å². The number of ether oxygens (including phenoxy) is 2. The van der Waals surface area contributed by atoms with Crippen LogP contribution in [0, 0.1) is 0 Å². The quantitative estimate of drug-likeness (QED) is 0.514. The van der Waals surface area contributed by atoms with Crippen LogP contribution in [0.25, 0.3) is 0 Å². The Labute approximate surface area is 180 Å². The number of carbonyl (C=O) groups excluding carboxylic acids is 2. The first kappa shape index (κ1) is 21.8. The van der Waals surface area contributed by atoms with E-state index >= 15 is 0 Å². The Balaban J connectivity index is 1.47. The third-order valence-corrected chi connectivity index (χ3v) is 4.59. The van der Waals surface area contributed by atoms with Crippen LogP contribution in [0.5, 0.6) is 11.5 Å². The van der Waals surface area contributed by atoms with Crippen molar-refractivity contribution in [2.24, 2.45) is 0 Å². The molecular weight excluding hydrogens is 398 g/mol. The Kier molecular flexibility index (Phi) is 7.58. The molecule has 0 spiro atoms. The van der Waals surface area contributed by atoms with Crippen molar-refractivity contribution in [3.8, 4) is 11.5 Å². The lowest BCUT2D eigenvalue weighted by molar-refractivity contribution is 0.0939. The predicted octanol–water partition coefficient (Wildman–Crippen LogP) is 1.70. The maximum atomic E-state index is 12.5. The van der Waals surface area contributed by atoms with Crippen molar-refractivity contribution in [3.05, 3.63) is 71.5 Å². The van der Waals surface area contributed by atoms with E-state index in [0.717, 1.165) is 12.0 Å². The Morgan fingerprint density at radius 2 is 1.71 bits per heavy atom. The van der Waals surface area contributed by atoms with Gasteiger partial charge in [-0.25, -0.2) is 4.68 Å². The van der Waals surface area contributed by atoms with Gasteiger partial charge < -0.3 is 20.1 Å². The SMILES string of the molecule is COc1cccc(C(=O)NCCn2cc(C(=O)NCCc3ccccc3)nn2)c1OC. The molecule has 0 fully saturated rings. The largest absolute Gasteiger partial charge is 0.493 e. The van der Waals surface area contributed by atoms with Crippen molar-refractivity contribution in [1.82, 2.24) is 25.6 Å². The number of nitrogens with one attached hydrogen (secondary N) is 2. The van der Waals surface area contributed by atoms with Gasteiger partial charge in [0, 0.05) is 13.1 Å². The average molecular weight is 423 g/mol. The Hall–Kier alpha value is -3.88. The second kappa shape index (κ2) is 10.8. The highest BCUT2D eigenvalue weighted by Crippen LogP contribution is 2.30. The number of carbonyl (C=O) groups is 2. The van der Waals surface area contributed by atoms with Crippen molar-refractivity contribution < 1.29 is 19.1 Å². The monoisotopic (exact) mass is 423 g/mol. The molecule has 0 unspecified atom stereocenters. The molecule has 1 heterocycles. The van der Waals surface area contributed by atoms with Crippen molar-refractivity contribution in [2.75, 3.05) is 27.3 Å². The van der Waals surface area contributed by atoms with Gasteiger partial charge >= 0.3 is 0 Å². The number of amides is 2. The van der Waals surface area contributed by atoms with Gasteiger partial charge in [-0.3, -0.25) is 9.59 Å². The highest BCUT2D eigenvalue weighted by atomic mass is 16.5. The molecule has 9 heteroatoms. The number of hydrogen-bond acceptors (Lipinski definition) is 6. The Morgan fingerprint density at radius 3 is 2.45 bits per heavy atom. The highest BCUT2D eigenvalue weighted by molar-refractivity contribution is 5.97. The summed E-state index contributed by atoms with van der Waals surface area (Å²) in [5.41, 5.74) is 1.75. The third kappa shape index (κ3) is 5.81. The number of aromatic nitrogens is 3. The number of hydrogen-bond donors (Lipinski definition) is 2. The topological polar surface area (TPSA) is 107 Å². The van der Waals surface area contributed by atoms with E-state index in [0.29, 0.717) is 36.7 Å². The maximum absolute atomic E-state index is 12.5. The Bertz CT molecular complexity index is 1020. The van der Waals surface area contributed by atoms with E-state index in [4.69, 9.17) is 9.47 Å². The molecule has 0 atom stereocenters. The normalized spacial score (nSPS) is 10.4. The average Bonchev–Trinajstić information content (AvgIpc) is 3.28. The molecule has 0 radical (unpaired) electrons. The molecule has 0 bridgehead atoms. The fraction of sp³-hybridized carbons (Fsp3) is 0.273. The Morgan fingerprint density at radius 1 is 0.935 bits per heavy atom. The molecule has 3 rings (SSSR count). The van der Waals surface area contributed by atoms with Gasteiger partial charge in [0.1, 0.15) is 0 Å². The number of rotatable bonds is 10. The van der Waals surface area contributed by atoms with Crippen LogP contribution in [0.1, 0.15) is 26.4 Å². The molecule has 3 aromatic rings. The van der Waals surface area contributed by atoms with Crippen molar-refractivity contribution in [2.45, 2.75) is 13.0 Å². The van der Waals surface area contributed by atoms with Crippen LogP contribution in [0.4, 0.5) is 0 Å². The first-order chi connectivity index (χ1) is 15.1. The summed E-state index contributed by atoms with van der Waals surface area (Å²) in [5.74, 6) is 0.272. The summed E-state index contributed by atoms with van der Waals surface area (Å²) in [5, 5.41) is 13.5. The number of benzene rings is 2. The van der Waals surface area contributed by atoms with Gasteiger partial charge in [0.2, 0.25) is 0 Å². The van der Waals surface area contributed by atoms with Gasteiger partial charge in [-0.1, -0.05) is 41.6 Å². The number of para-hydroxylation sites is 1. The molecule has 0 saturated heterocycles. The first-order valence-corrected chi connectivity index (χ1v) is 9.84. The summed E-state index contributed by atoms with van der Waals surface area (Å²) in [7, 11) is 3.00. The summed E-state index contributed by atoms with van der Waals surface area (Å²) in [6.45, 7) is 1.17. The maximum Gasteiger partial charge on any atom is 0.273 e. The van der Waals surface area contributed by atoms with Gasteiger partial charge in [-0.15, -0.1) is 5.10 Å². The van der Waals surface area contributed by atoms with E-state index in [1.54, 1.807) is 24.4 Å². The smallest absolute Gasteiger partial charge is 0.273 e. The zero-order chi connectivity index (χ0) is 22.1. The fourth-order valence-electron chi connectivity index (χ4n) is 3.01. The molecule has 0 aliphatic heterocycles. The van der Waals surface area contributed by atoms with Crippen LogP contribution in [-0.4, -0.2) is 54.1 Å². The van der Waals surface area contributed by atoms with E-state index in [1.807, 2.05) is 30.3 Å². The van der Waals surface area contributed by atoms with Crippen molar-refractivity contribution in [3.63, 3.8) is 0 Å². The molecule has 162 valence electrons. The van der Waals surface area contributed by atoms with Gasteiger partial charge in [0.05, 0.1) is 32.5 Å². The second-order valence-corrected chi connectivity index (χ2v) is 6.66. The second-order valence-electron chi connectivity index (χ2n) is 6.66. The van der Waals surface area contributed by atoms with Crippen LogP contribution in [0.15, 0.2) is 54.7 Å². The minimum atomic E-state index is -0.297. The summed E-state index contributed by atoms with van der Waals surface area (Å²) < 4.78 is 12.0. The van der Waals surface area contributed by atoms with E-state index in [-0.39, 0.29) is 17.5 Å². The highest BCUT2D eigenvalue weighted by Gasteiger charge is 2.16. The van der Waals surface area contributed by atoms with Crippen LogP contribution >= 0.6 is 0 Å². The minimum Gasteiger partial charge on any atom is -0.493 e. The molecule has 2 N–H and O–H groups in total. The summed E-state index contributed by atoms with van der Waals surface area (Å²) in [6, 6.07) is 15.0. The predicted molar refractivity (Wildman–Crippen MR) is 114 cm³/mol. The number of methoxy groups -OCH3 is 2. The lowest BCUT2D eigenvalue weighted by atomic mass is 10.1. The van der Waals surface area contributed by atoms with Crippen LogP contribution in [-0.2, 0) is 13.0 Å². The van der Waals surface area contributed by atoms with E-state index in [2.05, 4.69) is 20.9 Å². The lowest BCUT2D eigenvalue weighted by Gasteiger charge is -2.12. The zero-order valence-corrected chi connectivity index (χ0v) is 17.5. The van der Waals surface area contributed by atoms with Gasteiger partial charge in [0.25, 0.3) is 11.8 Å². The molecule has 0 saturated carbocycles. The first-order valence-electron chi connectivity index (χ1n) is 9.84. The molecule has 31 heavy (non-hydrogen) atoms. The minimum absolute atomic E-state index is 0.230. The third-order valence-electron chi connectivity index (χ3n) is 4.59. The lowest BCUT2D eigenvalue weighted by Crippen LogP contribution is -2.28. The van der Waals surface area contributed by atoms with Crippen molar-refractivity contribution in [1.29, 1.82) is 0 Å². The van der Waals surface area contributed by atoms with E-state index in [1.165, 1.54) is 18.9 Å². The molecule has 9 nitrogen and oxygen atoms in total. The van der Waals surface area contributed by atoms with Crippen LogP contribution in [0.2, 0.25) is 0 Å². The summed E-state index contributed by atoms with van der Waals surface area (Å²) in [6.07, 6.45) is 2.29. The van der Waals surface area contributed by atoms with Gasteiger partial charge in [-0.2, -0.15) is 0 Å². The zero-order valence-electron chi connectivity index (χ0n) is 17.5. The molecule has 2 amide bonds. The van der Waals surface area contributed by atoms with E-state index < -0.39 is 0 Å². The van der Waals surface area contributed by atoms with Crippen molar-refractivity contribution >= 4 is 11.8 Å². The molecule has 0 aliphatic rings. The number of nitrogens with zero attached hydrogens (tertiary/aromatic N) is 3. The fourth-order valence-corrected chi connectivity index (χ4v) is 3.01. The van der Waals surface area contributed by atoms with E-state index in [9.17, 15) is 9.59 Å². The molecule has 1 aromatic heterocycles. The van der Waals surface area contributed by atoms with Crippen LogP contribution in [0.3, 0.4) is 0 Å². The van der Waals surface area contributed by atoms with Crippen LogP contribution < -0.4 is 20.1 Å². The molecule has 2 aromatic carbocycles. The molecular formula is C22H25N5O4.